The van der Waals surface area contributed by atoms with Crippen LogP contribution in [0, 0.1) is 21.4 Å². The first-order chi connectivity index (χ1) is 14.0. The molecule has 0 bridgehead atoms. The fourth-order valence-corrected chi connectivity index (χ4v) is 3.24. The van der Waals surface area contributed by atoms with Gasteiger partial charge in [-0.15, -0.1) is 0 Å². The third-order valence-electron chi connectivity index (χ3n) is 4.90. The highest BCUT2D eigenvalue weighted by molar-refractivity contribution is 6.01. The first-order valence-corrected chi connectivity index (χ1v) is 9.36. The van der Waals surface area contributed by atoms with Crippen molar-refractivity contribution >= 4 is 22.8 Å². The Morgan fingerprint density at radius 1 is 1.14 bits per heavy atom. The number of hydrogen-bond acceptors (Lipinski definition) is 5. The van der Waals surface area contributed by atoms with E-state index >= 15 is 0 Å². The van der Waals surface area contributed by atoms with E-state index in [-0.39, 0.29) is 5.69 Å². The van der Waals surface area contributed by atoms with E-state index in [2.05, 4.69) is 11.0 Å². The second-order valence-electron chi connectivity index (χ2n) is 6.77. The summed E-state index contributed by atoms with van der Waals surface area (Å²) in [5.74, 6) is 1.64. The lowest BCUT2D eigenvalue weighted by atomic mass is 10.00. The fraction of sp³-hybridized carbons (Fsp3) is 0.273. The summed E-state index contributed by atoms with van der Waals surface area (Å²) in [6, 6.07) is 15.6. The molecule has 2 aromatic carbocycles. The number of nitriles is 1. The van der Waals surface area contributed by atoms with Gasteiger partial charge in [-0.25, -0.2) is 4.99 Å². The van der Waals surface area contributed by atoms with Crippen molar-refractivity contribution < 1.29 is 9.66 Å². The van der Waals surface area contributed by atoms with Crippen LogP contribution in [0.1, 0.15) is 30.4 Å². The summed E-state index contributed by atoms with van der Waals surface area (Å²) < 4.78 is 5.23. The van der Waals surface area contributed by atoms with Gasteiger partial charge >= 0.3 is 0 Å². The van der Waals surface area contributed by atoms with Crippen LogP contribution in [0.2, 0.25) is 0 Å². The van der Waals surface area contributed by atoms with Crippen LogP contribution in [-0.4, -0.2) is 36.4 Å². The van der Waals surface area contributed by atoms with Crippen LogP contribution < -0.4 is 4.74 Å². The summed E-state index contributed by atoms with van der Waals surface area (Å²) in [6.45, 7) is 0.925. The van der Waals surface area contributed by atoms with Crippen molar-refractivity contribution in [1.29, 1.82) is 5.26 Å². The predicted molar refractivity (Wildman–Crippen MR) is 112 cm³/mol. The summed E-state index contributed by atoms with van der Waals surface area (Å²) >= 11 is 0. The minimum absolute atomic E-state index is 0.0182. The maximum Gasteiger partial charge on any atom is 0.269 e. The maximum absolute atomic E-state index is 11.0. The van der Waals surface area contributed by atoms with Crippen LogP contribution in [0.5, 0.6) is 5.75 Å². The number of nitro benzene ring substituents is 1. The standard InChI is InChI=1S/C22H22N4O3/c1-25-14-4-3-5-21(25)24-22(17-8-12-19(29-2)13-9-17)20(15-23)16-6-10-18(11-7-16)26(27)28/h6-13H,3-5,14H2,1-2H3/b22-20+,24-21?. The molecule has 0 N–H and O–H groups in total. The first kappa shape index (κ1) is 20.1. The topological polar surface area (TPSA) is 91.8 Å². The number of aliphatic imine (C=N–C) groups is 1. The molecule has 0 aliphatic carbocycles. The molecule has 0 amide bonds. The van der Waals surface area contributed by atoms with E-state index in [1.807, 2.05) is 31.3 Å². The fourth-order valence-electron chi connectivity index (χ4n) is 3.24. The van der Waals surface area contributed by atoms with E-state index < -0.39 is 4.92 Å². The number of piperidine rings is 1. The minimum Gasteiger partial charge on any atom is -0.497 e. The highest BCUT2D eigenvalue weighted by Gasteiger charge is 2.17. The molecule has 1 fully saturated rings. The van der Waals surface area contributed by atoms with Crippen molar-refractivity contribution in [3.63, 3.8) is 0 Å². The van der Waals surface area contributed by atoms with Gasteiger partial charge in [-0.1, -0.05) is 0 Å². The monoisotopic (exact) mass is 390 g/mol. The Labute approximate surface area is 169 Å². The molecule has 0 radical (unpaired) electrons. The molecule has 29 heavy (non-hydrogen) atoms. The molecule has 0 spiro atoms. The number of methoxy groups -OCH3 is 1. The van der Waals surface area contributed by atoms with Crippen LogP contribution in [0.25, 0.3) is 11.3 Å². The number of nitrogens with zero attached hydrogens (tertiary/aromatic N) is 4. The molecule has 3 rings (SSSR count). The average Bonchev–Trinajstić information content (AvgIpc) is 2.75. The molecule has 1 aliphatic heterocycles. The molecule has 0 unspecified atom stereocenters. The van der Waals surface area contributed by atoms with Crippen LogP contribution in [0.4, 0.5) is 5.69 Å². The van der Waals surface area contributed by atoms with E-state index in [1.165, 1.54) is 12.1 Å². The lowest BCUT2D eigenvalue weighted by Gasteiger charge is -2.26. The summed E-state index contributed by atoms with van der Waals surface area (Å²) in [4.78, 5) is 17.5. The number of nitro groups is 1. The molecule has 0 saturated carbocycles. The number of ether oxygens (including phenoxy) is 1. The highest BCUT2D eigenvalue weighted by Crippen LogP contribution is 2.30. The van der Waals surface area contributed by atoms with Gasteiger partial charge in [-0.3, -0.25) is 10.1 Å². The second-order valence-corrected chi connectivity index (χ2v) is 6.77. The third-order valence-corrected chi connectivity index (χ3v) is 4.90. The van der Waals surface area contributed by atoms with Crippen molar-refractivity contribution in [1.82, 2.24) is 4.90 Å². The second kappa shape index (κ2) is 9.02. The number of non-ortho nitro benzene ring substituents is 1. The predicted octanol–water partition coefficient (Wildman–Crippen LogP) is 4.51. The largest absolute Gasteiger partial charge is 0.497 e. The van der Waals surface area contributed by atoms with Crippen LogP contribution in [0.15, 0.2) is 53.5 Å². The van der Waals surface area contributed by atoms with Gasteiger partial charge in [0.15, 0.2) is 0 Å². The summed E-state index contributed by atoms with van der Waals surface area (Å²) in [6.07, 6.45) is 3.01. The number of allylic oxidation sites excluding steroid dienone is 1. The molecular weight excluding hydrogens is 368 g/mol. The molecule has 1 saturated heterocycles. The first-order valence-electron chi connectivity index (χ1n) is 9.36. The number of rotatable bonds is 5. The molecule has 0 atom stereocenters. The van der Waals surface area contributed by atoms with Crippen LogP contribution in [-0.2, 0) is 0 Å². The Hall–Kier alpha value is -3.66. The molecule has 1 aliphatic rings. The van der Waals surface area contributed by atoms with Gasteiger partial charge in [-0.05, 0) is 54.8 Å². The molecule has 0 aromatic heterocycles. The smallest absolute Gasteiger partial charge is 0.269 e. The number of hydrogen-bond donors (Lipinski definition) is 0. The van der Waals surface area contributed by atoms with Crippen molar-refractivity contribution in [2.24, 2.45) is 4.99 Å². The van der Waals surface area contributed by atoms with E-state index in [4.69, 9.17) is 9.73 Å². The van der Waals surface area contributed by atoms with Gasteiger partial charge < -0.3 is 9.64 Å². The molecular formula is C22H22N4O3. The Morgan fingerprint density at radius 2 is 1.79 bits per heavy atom. The van der Waals surface area contributed by atoms with Crippen molar-refractivity contribution in [2.45, 2.75) is 19.3 Å². The zero-order valence-electron chi connectivity index (χ0n) is 16.5. The number of likely N-dealkylation sites (tertiary alicyclic amines) is 1. The zero-order chi connectivity index (χ0) is 20.8. The van der Waals surface area contributed by atoms with Crippen molar-refractivity contribution in [3.05, 3.63) is 69.8 Å². The summed E-state index contributed by atoms with van der Waals surface area (Å²) in [5, 5.41) is 20.9. The zero-order valence-corrected chi connectivity index (χ0v) is 16.5. The van der Waals surface area contributed by atoms with E-state index in [0.29, 0.717) is 22.6 Å². The van der Waals surface area contributed by atoms with Gasteiger partial charge in [0.2, 0.25) is 0 Å². The Bertz CT molecular complexity index is 986. The quantitative estimate of drug-likeness (QED) is 0.324. The van der Waals surface area contributed by atoms with E-state index in [1.54, 1.807) is 19.2 Å². The average molecular weight is 390 g/mol. The molecule has 1 heterocycles. The third kappa shape index (κ3) is 4.61. The summed E-state index contributed by atoms with van der Waals surface area (Å²) in [5.41, 5.74) is 2.28. The minimum atomic E-state index is -0.457. The Morgan fingerprint density at radius 3 is 2.34 bits per heavy atom. The van der Waals surface area contributed by atoms with Gasteiger partial charge in [0.1, 0.15) is 17.7 Å². The SMILES string of the molecule is COc1ccc(/C(N=C2CCCCN2C)=C(/C#N)c2ccc([N+](=O)[O-])cc2)cc1. The van der Waals surface area contributed by atoms with E-state index in [0.717, 1.165) is 37.2 Å². The van der Waals surface area contributed by atoms with Gasteiger partial charge in [-0.2, -0.15) is 5.26 Å². The molecule has 7 nitrogen and oxygen atoms in total. The Balaban J connectivity index is 2.16. The highest BCUT2D eigenvalue weighted by atomic mass is 16.6. The Kier molecular flexibility index (Phi) is 6.25. The molecule has 148 valence electrons. The van der Waals surface area contributed by atoms with Gasteiger partial charge in [0.05, 0.1) is 23.3 Å². The van der Waals surface area contributed by atoms with Crippen molar-refractivity contribution in [3.8, 4) is 11.8 Å². The maximum atomic E-state index is 11.0. The molecule has 2 aromatic rings. The van der Waals surface area contributed by atoms with Crippen LogP contribution in [0.3, 0.4) is 0 Å². The normalized spacial score (nSPS) is 16.2. The summed E-state index contributed by atoms with van der Waals surface area (Å²) in [7, 11) is 3.60. The van der Waals surface area contributed by atoms with Crippen LogP contribution >= 0.6 is 0 Å². The molecule has 7 heteroatoms. The van der Waals surface area contributed by atoms with E-state index in [9.17, 15) is 15.4 Å². The van der Waals surface area contributed by atoms with Crippen molar-refractivity contribution in [2.75, 3.05) is 20.7 Å². The van der Waals surface area contributed by atoms with Gasteiger partial charge in [0.25, 0.3) is 5.69 Å². The lowest BCUT2D eigenvalue weighted by Crippen LogP contribution is -2.31. The van der Waals surface area contributed by atoms with Gasteiger partial charge in [0, 0.05) is 37.7 Å². The lowest BCUT2D eigenvalue weighted by molar-refractivity contribution is -0.384. The number of benzene rings is 2. The number of amidine groups is 1.